The maximum Gasteiger partial charge on any atom is 0.331 e. The zero-order valence-electron chi connectivity index (χ0n) is 22.0. The SMILES string of the molecule is C=C(CC(=O)O)C(=O)O.CC(=O)OCC(COC(=O)CCS)(COC(=O)CCS)COC(=O)CCS.CCS. The van der Waals surface area contributed by atoms with Crippen molar-refractivity contribution in [2.24, 2.45) is 5.41 Å². The maximum absolute atomic E-state index is 11.7. The van der Waals surface area contributed by atoms with Crippen LogP contribution in [0.5, 0.6) is 0 Å². The molecule has 0 radical (unpaired) electrons. The highest BCUT2D eigenvalue weighted by molar-refractivity contribution is 7.80. The van der Waals surface area contributed by atoms with Crippen molar-refractivity contribution in [1.82, 2.24) is 0 Å². The number of rotatable bonds is 17. The fourth-order valence-electron chi connectivity index (χ4n) is 1.95. The van der Waals surface area contributed by atoms with Gasteiger partial charge < -0.3 is 29.2 Å². The molecule has 0 saturated carbocycles. The first-order valence-electron chi connectivity index (χ1n) is 11.4. The van der Waals surface area contributed by atoms with Gasteiger partial charge in [0.2, 0.25) is 0 Å². The van der Waals surface area contributed by atoms with Gasteiger partial charge in [-0.15, -0.1) is 0 Å². The van der Waals surface area contributed by atoms with Crippen LogP contribution in [0.25, 0.3) is 0 Å². The van der Waals surface area contributed by atoms with Gasteiger partial charge in [0, 0.05) is 29.8 Å². The first-order chi connectivity index (χ1) is 18.2. The van der Waals surface area contributed by atoms with E-state index in [0.29, 0.717) is 17.3 Å². The molecule has 0 saturated heterocycles. The van der Waals surface area contributed by atoms with Crippen LogP contribution in [0.3, 0.4) is 0 Å². The quantitative estimate of drug-likeness (QED) is 0.0595. The average Bonchev–Trinajstić information content (AvgIpc) is 2.84. The second kappa shape index (κ2) is 26.2. The molecule has 0 atom stereocenters. The summed E-state index contributed by atoms with van der Waals surface area (Å²) in [4.78, 5) is 66.0. The van der Waals surface area contributed by atoms with E-state index in [1.54, 1.807) is 0 Å². The van der Waals surface area contributed by atoms with E-state index in [1.165, 1.54) is 6.92 Å². The van der Waals surface area contributed by atoms with Gasteiger partial charge in [-0.25, -0.2) is 4.79 Å². The third-order valence-corrected chi connectivity index (χ3v) is 4.49. The van der Waals surface area contributed by atoms with Gasteiger partial charge in [-0.1, -0.05) is 13.5 Å². The van der Waals surface area contributed by atoms with Crippen LogP contribution in [0.4, 0.5) is 0 Å². The van der Waals surface area contributed by atoms with Crippen LogP contribution in [0, 0.1) is 5.41 Å². The van der Waals surface area contributed by atoms with Crippen molar-refractivity contribution in [3.8, 4) is 0 Å². The second-order valence-electron chi connectivity index (χ2n) is 7.48. The van der Waals surface area contributed by atoms with E-state index in [4.69, 9.17) is 29.2 Å². The predicted molar refractivity (Wildman–Crippen MR) is 156 cm³/mol. The molecule has 0 aromatic rings. The van der Waals surface area contributed by atoms with Gasteiger partial charge in [-0.05, 0) is 5.75 Å². The largest absolute Gasteiger partial charge is 0.481 e. The summed E-state index contributed by atoms with van der Waals surface area (Å²) in [6.45, 7) is 5.14. The number of ether oxygens (including phenoxy) is 4. The van der Waals surface area contributed by atoms with E-state index in [9.17, 15) is 28.8 Å². The Hall–Kier alpha value is -2.04. The van der Waals surface area contributed by atoms with Crippen molar-refractivity contribution in [3.05, 3.63) is 12.2 Å². The molecule has 0 bridgehead atoms. The molecule has 0 aromatic carbocycles. The molecular formula is C23H38O12S4. The number of hydrogen-bond donors (Lipinski definition) is 6. The van der Waals surface area contributed by atoms with Crippen molar-refractivity contribution in [2.75, 3.05) is 49.4 Å². The van der Waals surface area contributed by atoms with Crippen molar-refractivity contribution < 1.29 is 57.9 Å². The molecule has 0 heterocycles. The number of carboxylic acids is 2. The van der Waals surface area contributed by atoms with Crippen molar-refractivity contribution >= 4 is 86.3 Å². The van der Waals surface area contributed by atoms with Gasteiger partial charge in [0.05, 0.1) is 25.7 Å². The third kappa shape index (κ3) is 27.3. The van der Waals surface area contributed by atoms with Crippen LogP contribution in [0.1, 0.15) is 39.5 Å². The molecule has 0 aliphatic heterocycles. The molecule has 2 N–H and O–H groups in total. The van der Waals surface area contributed by atoms with E-state index >= 15 is 0 Å². The molecule has 226 valence electrons. The summed E-state index contributed by atoms with van der Waals surface area (Å²) in [5.41, 5.74) is -1.53. The zero-order chi connectivity index (χ0) is 30.9. The number of thiol groups is 4. The van der Waals surface area contributed by atoms with Crippen LogP contribution in [-0.2, 0) is 47.7 Å². The number of hydrogen-bond acceptors (Lipinski definition) is 14. The molecule has 0 unspecified atom stereocenters. The van der Waals surface area contributed by atoms with E-state index in [-0.39, 0.29) is 51.3 Å². The van der Waals surface area contributed by atoms with Crippen molar-refractivity contribution in [1.29, 1.82) is 0 Å². The summed E-state index contributed by atoms with van der Waals surface area (Å²) >= 11 is 15.6. The highest BCUT2D eigenvalue weighted by Gasteiger charge is 2.37. The summed E-state index contributed by atoms with van der Waals surface area (Å²) in [5, 5.41) is 16.1. The predicted octanol–water partition coefficient (Wildman–Crippen LogP) is 2.16. The zero-order valence-corrected chi connectivity index (χ0v) is 25.5. The molecule has 0 fully saturated rings. The summed E-state index contributed by atoms with van der Waals surface area (Å²) < 4.78 is 20.5. The summed E-state index contributed by atoms with van der Waals surface area (Å²) in [5.74, 6) is -2.78. The van der Waals surface area contributed by atoms with Gasteiger partial charge >= 0.3 is 35.8 Å². The molecule has 12 nitrogen and oxygen atoms in total. The van der Waals surface area contributed by atoms with E-state index in [2.05, 4.69) is 57.1 Å². The molecule has 39 heavy (non-hydrogen) atoms. The molecule has 0 aliphatic carbocycles. The molecule has 0 amide bonds. The van der Waals surface area contributed by atoms with E-state index in [0.717, 1.165) is 5.75 Å². The summed E-state index contributed by atoms with van der Waals surface area (Å²) in [6.07, 6.45) is -0.280. The number of carbonyl (C=O) groups excluding carboxylic acids is 4. The van der Waals surface area contributed by atoms with Crippen molar-refractivity contribution in [2.45, 2.75) is 39.5 Å². The lowest BCUT2D eigenvalue weighted by molar-refractivity contribution is -0.169. The van der Waals surface area contributed by atoms with Crippen LogP contribution >= 0.6 is 50.5 Å². The number of carboxylic acid groups (broad SMARTS) is 2. The van der Waals surface area contributed by atoms with Gasteiger partial charge in [0.15, 0.2) is 0 Å². The lowest BCUT2D eigenvalue weighted by Gasteiger charge is -2.31. The van der Waals surface area contributed by atoms with Gasteiger partial charge in [-0.3, -0.25) is 24.0 Å². The monoisotopic (exact) mass is 634 g/mol. The van der Waals surface area contributed by atoms with Crippen LogP contribution in [0.2, 0.25) is 0 Å². The molecule has 0 rings (SSSR count). The van der Waals surface area contributed by atoms with Crippen molar-refractivity contribution in [3.63, 3.8) is 0 Å². The molecular weight excluding hydrogens is 597 g/mol. The Morgan fingerprint density at radius 1 is 0.692 bits per heavy atom. The number of aliphatic carboxylic acids is 2. The fourth-order valence-corrected chi connectivity index (χ4v) is 2.50. The fraction of sp³-hybridized carbons (Fsp3) is 0.652. The van der Waals surface area contributed by atoms with Gasteiger partial charge in [0.25, 0.3) is 0 Å². The summed E-state index contributed by atoms with van der Waals surface area (Å²) in [6, 6.07) is 0. The molecule has 16 heteroatoms. The topological polar surface area (TPSA) is 180 Å². The number of carbonyl (C=O) groups is 6. The maximum atomic E-state index is 11.7. The third-order valence-electron chi connectivity index (χ3n) is 3.81. The number of esters is 4. The standard InChI is InChI=1S/C16H26O8S3.C5H6O4.C2H6S/c1-12(17)21-8-16(9-22-13(18)2-5-25,10-23-14(19)3-6-26)11-24-15(20)4-7-27;1-3(5(8)9)2-4(6)7;1-2-3/h25-27H,2-11H2,1H3;1-2H2,(H,6,7)(H,8,9);3H,2H2,1H3. The second-order valence-corrected chi connectivity index (χ2v) is 9.45. The molecule has 0 aliphatic rings. The Morgan fingerprint density at radius 3 is 1.21 bits per heavy atom. The first kappa shape index (κ1) is 41.4. The van der Waals surface area contributed by atoms with E-state index < -0.39 is 47.7 Å². The first-order valence-corrected chi connectivity index (χ1v) is 13.9. The van der Waals surface area contributed by atoms with E-state index in [1.807, 2.05) is 6.92 Å². The Morgan fingerprint density at radius 2 is 1.00 bits per heavy atom. The lowest BCUT2D eigenvalue weighted by Crippen LogP contribution is -2.44. The molecule has 0 aromatic heterocycles. The lowest BCUT2D eigenvalue weighted by atomic mass is 9.92. The molecule has 0 spiro atoms. The van der Waals surface area contributed by atoms with Crippen LogP contribution < -0.4 is 0 Å². The summed E-state index contributed by atoms with van der Waals surface area (Å²) in [7, 11) is 0. The normalized spacial score (nSPS) is 9.90. The Kier molecular flexibility index (Phi) is 27.8. The minimum atomic E-state index is -1.27. The average molecular weight is 635 g/mol. The minimum Gasteiger partial charge on any atom is -0.481 e. The van der Waals surface area contributed by atoms with Gasteiger partial charge in [-0.2, -0.15) is 50.5 Å². The Balaban J connectivity index is -0.000000896. The highest BCUT2D eigenvalue weighted by Crippen LogP contribution is 2.22. The van der Waals surface area contributed by atoms with Crippen LogP contribution in [0.15, 0.2) is 12.2 Å². The highest BCUT2D eigenvalue weighted by atomic mass is 32.1. The van der Waals surface area contributed by atoms with Gasteiger partial charge in [0.1, 0.15) is 31.8 Å². The Bertz CT molecular complexity index is 734. The smallest absolute Gasteiger partial charge is 0.331 e. The Labute approximate surface area is 250 Å². The minimum absolute atomic E-state index is 0.0750. The van der Waals surface area contributed by atoms with Crippen LogP contribution in [-0.4, -0.2) is 95.5 Å².